The monoisotopic (exact) mass is 301 g/mol. The molecule has 1 saturated heterocycles. The van der Waals surface area contributed by atoms with Crippen molar-refractivity contribution in [2.24, 2.45) is 11.7 Å². The van der Waals surface area contributed by atoms with Gasteiger partial charge in [-0.05, 0) is 47.9 Å². The van der Waals surface area contributed by atoms with E-state index in [9.17, 15) is 0 Å². The summed E-state index contributed by atoms with van der Waals surface area (Å²) in [6, 6.07) is 2.18. The van der Waals surface area contributed by atoms with Crippen molar-refractivity contribution < 1.29 is 0 Å². The summed E-state index contributed by atoms with van der Waals surface area (Å²) in [6.07, 6.45) is 2.06. The van der Waals surface area contributed by atoms with E-state index in [1.54, 1.807) is 11.3 Å². The van der Waals surface area contributed by atoms with Crippen molar-refractivity contribution in [3.8, 4) is 0 Å². The molecule has 1 aromatic heterocycles. The molecule has 0 unspecified atom stereocenters. The Labute approximate surface area is 108 Å². The van der Waals surface area contributed by atoms with Gasteiger partial charge in [0.2, 0.25) is 0 Å². The van der Waals surface area contributed by atoms with Crippen molar-refractivity contribution >= 4 is 33.1 Å². The van der Waals surface area contributed by atoms with E-state index < -0.39 is 0 Å². The van der Waals surface area contributed by atoms with Gasteiger partial charge in [-0.1, -0.05) is 0 Å². The van der Waals surface area contributed by atoms with Crippen LogP contribution in [0.2, 0.25) is 0 Å². The SMILES string of the molecule is N=C(N)C1CCN(Cc2cc(Br)cs2)CC1. The lowest BCUT2D eigenvalue weighted by Crippen LogP contribution is -2.37. The van der Waals surface area contributed by atoms with Gasteiger partial charge in [0, 0.05) is 27.2 Å². The fourth-order valence-electron chi connectivity index (χ4n) is 2.06. The Morgan fingerprint density at radius 2 is 2.25 bits per heavy atom. The van der Waals surface area contributed by atoms with Gasteiger partial charge in [-0.3, -0.25) is 10.3 Å². The molecule has 0 aliphatic carbocycles. The number of amidine groups is 1. The molecular formula is C11H16BrN3S. The van der Waals surface area contributed by atoms with Crippen molar-refractivity contribution in [3.05, 3.63) is 20.8 Å². The maximum absolute atomic E-state index is 7.43. The Balaban J connectivity index is 1.83. The number of hydrogen-bond donors (Lipinski definition) is 2. The van der Waals surface area contributed by atoms with E-state index in [1.807, 2.05) is 0 Å². The molecule has 0 radical (unpaired) electrons. The normalized spacial score (nSPS) is 18.8. The van der Waals surface area contributed by atoms with Gasteiger partial charge in [-0.25, -0.2) is 0 Å². The highest BCUT2D eigenvalue weighted by atomic mass is 79.9. The summed E-state index contributed by atoms with van der Waals surface area (Å²) in [4.78, 5) is 3.84. The first-order valence-electron chi connectivity index (χ1n) is 5.44. The molecule has 3 nitrogen and oxygen atoms in total. The van der Waals surface area contributed by atoms with Crippen LogP contribution in [0.5, 0.6) is 0 Å². The topological polar surface area (TPSA) is 53.1 Å². The Morgan fingerprint density at radius 1 is 1.56 bits per heavy atom. The molecule has 5 heteroatoms. The average Bonchev–Trinajstić information content (AvgIpc) is 2.65. The Morgan fingerprint density at radius 3 is 2.75 bits per heavy atom. The molecule has 1 aliphatic rings. The van der Waals surface area contributed by atoms with E-state index in [4.69, 9.17) is 11.1 Å². The Hall–Kier alpha value is -0.390. The molecule has 0 saturated carbocycles. The highest BCUT2D eigenvalue weighted by molar-refractivity contribution is 9.10. The van der Waals surface area contributed by atoms with Crippen molar-refractivity contribution in [1.82, 2.24) is 4.90 Å². The molecule has 2 heterocycles. The van der Waals surface area contributed by atoms with Crippen LogP contribution in [0.3, 0.4) is 0 Å². The summed E-state index contributed by atoms with van der Waals surface area (Å²) in [7, 11) is 0. The molecule has 1 aromatic rings. The van der Waals surface area contributed by atoms with E-state index in [-0.39, 0.29) is 0 Å². The number of halogens is 1. The highest BCUT2D eigenvalue weighted by Crippen LogP contribution is 2.24. The molecule has 1 fully saturated rings. The third-order valence-electron chi connectivity index (χ3n) is 3.03. The van der Waals surface area contributed by atoms with Gasteiger partial charge in [-0.15, -0.1) is 11.3 Å². The number of likely N-dealkylation sites (tertiary alicyclic amines) is 1. The molecule has 1 aliphatic heterocycles. The standard InChI is InChI=1S/C11H16BrN3S/c12-9-5-10(16-7-9)6-15-3-1-8(2-4-15)11(13)14/h5,7-8H,1-4,6H2,(H3,13,14). The van der Waals surface area contributed by atoms with Gasteiger partial charge in [0.05, 0.1) is 5.84 Å². The summed E-state index contributed by atoms with van der Waals surface area (Å²) in [6.45, 7) is 3.14. The molecule has 88 valence electrons. The lowest BCUT2D eigenvalue weighted by Gasteiger charge is -2.30. The van der Waals surface area contributed by atoms with Crippen LogP contribution in [-0.4, -0.2) is 23.8 Å². The summed E-state index contributed by atoms with van der Waals surface area (Å²) >= 11 is 5.27. The summed E-state index contributed by atoms with van der Waals surface area (Å²) in [5.41, 5.74) is 5.53. The average molecular weight is 302 g/mol. The van der Waals surface area contributed by atoms with Gasteiger partial charge < -0.3 is 5.73 Å². The van der Waals surface area contributed by atoms with Gasteiger partial charge >= 0.3 is 0 Å². The van der Waals surface area contributed by atoms with Crippen LogP contribution in [0.15, 0.2) is 15.9 Å². The molecule has 0 bridgehead atoms. The highest BCUT2D eigenvalue weighted by Gasteiger charge is 2.21. The van der Waals surface area contributed by atoms with Crippen molar-refractivity contribution in [1.29, 1.82) is 5.41 Å². The van der Waals surface area contributed by atoms with Gasteiger partial charge in [0.15, 0.2) is 0 Å². The van der Waals surface area contributed by atoms with Crippen molar-refractivity contribution in [2.45, 2.75) is 19.4 Å². The predicted octanol–water partition coefficient (Wildman–Crippen LogP) is 2.66. The zero-order valence-electron chi connectivity index (χ0n) is 9.08. The van der Waals surface area contributed by atoms with Gasteiger partial charge in [-0.2, -0.15) is 0 Å². The molecule has 0 aromatic carbocycles. The summed E-state index contributed by atoms with van der Waals surface area (Å²) in [5.74, 6) is 0.671. The number of rotatable bonds is 3. The predicted molar refractivity (Wildman–Crippen MR) is 71.9 cm³/mol. The third kappa shape index (κ3) is 3.06. The Bertz CT molecular complexity index is 369. The second-order valence-electron chi connectivity index (χ2n) is 4.24. The van der Waals surface area contributed by atoms with Crippen LogP contribution in [0.4, 0.5) is 0 Å². The van der Waals surface area contributed by atoms with E-state index in [2.05, 4.69) is 32.3 Å². The molecule has 0 atom stereocenters. The lowest BCUT2D eigenvalue weighted by molar-refractivity contribution is 0.202. The number of nitrogens with two attached hydrogens (primary N) is 1. The molecule has 16 heavy (non-hydrogen) atoms. The number of nitrogens with zero attached hydrogens (tertiary/aromatic N) is 1. The summed E-state index contributed by atoms with van der Waals surface area (Å²) in [5, 5.41) is 9.56. The first-order chi connectivity index (χ1) is 7.65. The van der Waals surface area contributed by atoms with E-state index >= 15 is 0 Å². The molecule has 3 N–H and O–H groups in total. The number of hydrogen-bond acceptors (Lipinski definition) is 3. The molecule has 0 amide bonds. The van der Waals surface area contributed by atoms with Crippen LogP contribution in [-0.2, 0) is 6.54 Å². The zero-order valence-corrected chi connectivity index (χ0v) is 11.5. The van der Waals surface area contributed by atoms with Crippen molar-refractivity contribution in [3.63, 3.8) is 0 Å². The minimum Gasteiger partial charge on any atom is -0.387 e. The minimum absolute atomic E-state index is 0.311. The number of thiophene rings is 1. The Kier molecular flexibility index (Phi) is 4.00. The van der Waals surface area contributed by atoms with Crippen LogP contribution >= 0.6 is 27.3 Å². The first kappa shape index (κ1) is 12.1. The van der Waals surface area contributed by atoms with Gasteiger partial charge in [0.25, 0.3) is 0 Å². The zero-order chi connectivity index (χ0) is 11.5. The second-order valence-corrected chi connectivity index (χ2v) is 6.15. The third-order valence-corrected chi connectivity index (χ3v) is 4.71. The number of piperidine rings is 1. The lowest BCUT2D eigenvalue weighted by atomic mass is 9.96. The van der Waals surface area contributed by atoms with Crippen LogP contribution < -0.4 is 5.73 Å². The quantitative estimate of drug-likeness (QED) is 0.666. The molecule has 2 rings (SSSR count). The van der Waals surface area contributed by atoms with Crippen LogP contribution in [0.25, 0.3) is 0 Å². The second kappa shape index (κ2) is 5.29. The largest absolute Gasteiger partial charge is 0.387 e. The maximum Gasteiger partial charge on any atom is 0.0937 e. The maximum atomic E-state index is 7.43. The van der Waals surface area contributed by atoms with Crippen molar-refractivity contribution in [2.75, 3.05) is 13.1 Å². The van der Waals surface area contributed by atoms with Crippen LogP contribution in [0, 0.1) is 11.3 Å². The summed E-state index contributed by atoms with van der Waals surface area (Å²) < 4.78 is 1.17. The number of nitrogens with one attached hydrogen (secondary N) is 1. The molecular weight excluding hydrogens is 286 g/mol. The fourth-order valence-corrected chi connectivity index (χ4v) is 3.55. The minimum atomic E-state index is 0.311. The smallest absolute Gasteiger partial charge is 0.0937 e. The van der Waals surface area contributed by atoms with E-state index in [0.717, 1.165) is 32.5 Å². The van der Waals surface area contributed by atoms with Gasteiger partial charge in [0.1, 0.15) is 0 Å². The van der Waals surface area contributed by atoms with E-state index in [1.165, 1.54) is 9.35 Å². The van der Waals surface area contributed by atoms with E-state index in [0.29, 0.717) is 11.8 Å². The van der Waals surface area contributed by atoms with Crippen LogP contribution in [0.1, 0.15) is 17.7 Å². The first-order valence-corrected chi connectivity index (χ1v) is 7.11. The fraction of sp³-hybridized carbons (Fsp3) is 0.545. The molecule has 0 spiro atoms.